The van der Waals surface area contributed by atoms with Crippen LogP contribution >= 0.6 is 15.9 Å². The molecule has 0 aliphatic rings. The minimum absolute atomic E-state index is 0.266. The summed E-state index contributed by atoms with van der Waals surface area (Å²) in [7, 11) is 4.50. The SMILES string of the molecule is COc1ccc(Cn2c(C(=O)N(C)OC)c(C)cc(Br)c2=O)cc1. The molecule has 24 heavy (non-hydrogen) atoms. The molecule has 0 N–H and O–H groups in total. The van der Waals surface area contributed by atoms with Gasteiger partial charge < -0.3 is 4.74 Å². The number of ether oxygens (including phenoxy) is 1. The second kappa shape index (κ2) is 7.63. The highest BCUT2D eigenvalue weighted by Gasteiger charge is 2.21. The highest BCUT2D eigenvalue weighted by Crippen LogP contribution is 2.17. The number of hydroxylamine groups is 2. The van der Waals surface area contributed by atoms with Gasteiger partial charge >= 0.3 is 0 Å². The van der Waals surface area contributed by atoms with Crippen molar-refractivity contribution in [3.05, 3.63) is 62.0 Å². The maximum atomic E-state index is 12.6. The van der Waals surface area contributed by atoms with Crippen molar-refractivity contribution < 1.29 is 14.4 Å². The Hall–Kier alpha value is -2.12. The summed E-state index contributed by atoms with van der Waals surface area (Å²) in [6.07, 6.45) is 0. The molecule has 0 aliphatic heterocycles. The third kappa shape index (κ3) is 3.68. The van der Waals surface area contributed by atoms with Crippen LogP contribution in [0.3, 0.4) is 0 Å². The van der Waals surface area contributed by atoms with Crippen LogP contribution in [0.25, 0.3) is 0 Å². The molecule has 7 heteroatoms. The van der Waals surface area contributed by atoms with Gasteiger partial charge in [0.25, 0.3) is 11.5 Å². The van der Waals surface area contributed by atoms with Gasteiger partial charge in [-0.25, -0.2) is 5.06 Å². The van der Waals surface area contributed by atoms with E-state index in [0.29, 0.717) is 15.7 Å². The van der Waals surface area contributed by atoms with Crippen molar-refractivity contribution in [3.8, 4) is 5.75 Å². The van der Waals surface area contributed by atoms with Gasteiger partial charge in [-0.1, -0.05) is 12.1 Å². The topological polar surface area (TPSA) is 60.8 Å². The average Bonchev–Trinajstić information content (AvgIpc) is 2.59. The number of benzene rings is 1. The Labute approximate surface area is 148 Å². The van der Waals surface area contributed by atoms with Crippen LogP contribution in [-0.2, 0) is 11.4 Å². The first-order valence-corrected chi connectivity index (χ1v) is 8.03. The third-order valence-corrected chi connectivity index (χ3v) is 4.27. The number of methoxy groups -OCH3 is 1. The van der Waals surface area contributed by atoms with Gasteiger partial charge in [0.2, 0.25) is 0 Å². The number of nitrogens with zero attached hydrogens (tertiary/aromatic N) is 2. The molecule has 128 valence electrons. The van der Waals surface area contributed by atoms with E-state index in [2.05, 4.69) is 15.9 Å². The first-order valence-electron chi connectivity index (χ1n) is 7.24. The molecule has 1 aromatic heterocycles. The second-order valence-electron chi connectivity index (χ2n) is 5.25. The highest BCUT2D eigenvalue weighted by atomic mass is 79.9. The summed E-state index contributed by atoms with van der Waals surface area (Å²) in [4.78, 5) is 30.1. The van der Waals surface area contributed by atoms with E-state index in [1.165, 1.54) is 18.7 Å². The largest absolute Gasteiger partial charge is 0.497 e. The Balaban J connectivity index is 2.54. The normalized spacial score (nSPS) is 10.5. The number of aryl methyl sites for hydroxylation is 1. The summed E-state index contributed by atoms with van der Waals surface area (Å²) < 4.78 is 6.99. The van der Waals surface area contributed by atoms with Crippen LogP contribution in [0, 0.1) is 6.92 Å². The van der Waals surface area contributed by atoms with E-state index in [1.54, 1.807) is 20.1 Å². The minimum atomic E-state index is -0.381. The van der Waals surface area contributed by atoms with Crippen LogP contribution in [0.15, 0.2) is 39.6 Å². The second-order valence-corrected chi connectivity index (χ2v) is 6.10. The van der Waals surface area contributed by atoms with Crippen molar-refractivity contribution in [1.29, 1.82) is 0 Å². The van der Waals surface area contributed by atoms with Gasteiger partial charge in [-0.3, -0.25) is 19.0 Å². The van der Waals surface area contributed by atoms with Gasteiger partial charge in [-0.2, -0.15) is 0 Å². The Morgan fingerprint density at radius 2 is 1.88 bits per heavy atom. The number of rotatable bonds is 5. The summed E-state index contributed by atoms with van der Waals surface area (Å²) in [6.45, 7) is 2.05. The van der Waals surface area contributed by atoms with E-state index in [4.69, 9.17) is 9.57 Å². The quantitative estimate of drug-likeness (QED) is 0.731. The highest BCUT2D eigenvalue weighted by molar-refractivity contribution is 9.10. The predicted octanol–water partition coefficient (Wildman–Crippen LogP) is 2.61. The van der Waals surface area contributed by atoms with Crippen LogP contribution in [-0.4, -0.2) is 36.8 Å². The van der Waals surface area contributed by atoms with Gasteiger partial charge in [-0.05, 0) is 52.2 Å². The summed E-state index contributed by atoms with van der Waals surface area (Å²) >= 11 is 3.26. The predicted molar refractivity (Wildman–Crippen MR) is 94.3 cm³/mol. The van der Waals surface area contributed by atoms with Crippen molar-refractivity contribution in [1.82, 2.24) is 9.63 Å². The van der Waals surface area contributed by atoms with Crippen molar-refractivity contribution in [2.45, 2.75) is 13.5 Å². The molecule has 0 saturated carbocycles. The summed E-state index contributed by atoms with van der Waals surface area (Å²) in [5.74, 6) is 0.347. The first-order chi connectivity index (χ1) is 11.4. The summed E-state index contributed by atoms with van der Waals surface area (Å²) in [5.41, 5.74) is 1.58. The molecule has 0 radical (unpaired) electrons. The van der Waals surface area contributed by atoms with E-state index >= 15 is 0 Å². The Morgan fingerprint density at radius 3 is 2.42 bits per heavy atom. The third-order valence-electron chi connectivity index (χ3n) is 3.70. The number of hydrogen-bond acceptors (Lipinski definition) is 4. The van der Waals surface area contributed by atoms with E-state index in [9.17, 15) is 9.59 Å². The minimum Gasteiger partial charge on any atom is -0.497 e. The standard InChI is InChI=1S/C17H19BrN2O4/c1-11-9-14(18)16(21)20(15(11)17(22)19(2)24-4)10-12-5-7-13(23-3)8-6-12/h5-9H,10H2,1-4H3. The summed E-state index contributed by atoms with van der Waals surface area (Å²) in [5, 5.41) is 1.10. The first kappa shape index (κ1) is 18.2. The van der Waals surface area contributed by atoms with Gasteiger partial charge in [0.15, 0.2) is 0 Å². The van der Waals surface area contributed by atoms with Gasteiger partial charge in [-0.15, -0.1) is 0 Å². The molecule has 0 fully saturated rings. The van der Waals surface area contributed by atoms with Gasteiger partial charge in [0.05, 0.1) is 25.2 Å². The molecule has 2 rings (SSSR count). The van der Waals surface area contributed by atoms with Crippen LogP contribution in [0.2, 0.25) is 0 Å². The number of halogens is 1. The fourth-order valence-corrected chi connectivity index (χ4v) is 2.90. The fourth-order valence-electron chi connectivity index (χ4n) is 2.34. The molecule has 0 bridgehead atoms. The smallest absolute Gasteiger partial charge is 0.294 e. The molecule has 2 aromatic rings. The molecule has 1 aromatic carbocycles. The van der Waals surface area contributed by atoms with E-state index in [1.807, 2.05) is 24.3 Å². The molecular weight excluding hydrogens is 376 g/mol. The monoisotopic (exact) mass is 394 g/mol. The number of carbonyl (C=O) groups is 1. The van der Waals surface area contributed by atoms with Crippen molar-refractivity contribution in [2.75, 3.05) is 21.3 Å². The molecule has 0 unspecified atom stereocenters. The lowest BCUT2D eigenvalue weighted by atomic mass is 10.1. The lowest BCUT2D eigenvalue weighted by Gasteiger charge is -2.20. The van der Waals surface area contributed by atoms with Gasteiger partial charge in [0, 0.05) is 7.05 Å². The number of carbonyl (C=O) groups excluding carboxylic acids is 1. The molecule has 6 nitrogen and oxygen atoms in total. The molecular formula is C17H19BrN2O4. The molecule has 1 amide bonds. The van der Waals surface area contributed by atoms with E-state index < -0.39 is 0 Å². The maximum absolute atomic E-state index is 12.6. The maximum Gasteiger partial charge on any atom is 0.294 e. The zero-order valence-electron chi connectivity index (χ0n) is 14.0. The number of hydrogen-bond donors (Lipinski definition) is 0. The van der Waals surface area contributed by atoms with Crippen LogP contribution < -0.4 is 10.3 Å². The lowest BCUT2D eigenvalue weighted by Crippen LogP contribution is -2.34. The lowest BCUT2D eigenvalue weighted by molar-refractivity contribution is -0.0764. The zero-order chi connectivity index (χ0) is 17.9. The van der Waals surface area contributed by atoms with Crippen LogP contribution in [0.5, 0.6) is 5.75 Å². The Morgan fingerprint density at radius 1 is 1.25 bits per heavy atom. The van der Waals surface area contributed by atoms with E-state index in [-0.39, 0.29) is 18.0 Å². The molecule has 0 spiro atoms. The molecule has 0 aliphatic carbocycles. The Kier molecular flexibility index (Phi) is 5.80. The number of amides is 1. The number of aromatic nitrogens is 1. The molecule has 1 heterocycles. The average molecular weight is 395 g/mol. The van der Waals surface area contributed by atoms with Crippen molar-refractivity contribution >= 4 is 21.8 Å². The van der Waals surface area contributed by atoms with E-state index in [0.717, 1.165) is 16.4 Å². The fraction of sp³-hybridized carbons (Fsp3) is 0.294. The summed E-state index contributed by atoms with van der Waals surface area (Å²) in [6, 6.07) is 8.98. The van der Waals surface area contributed by atoms with Crippen LogP contribution in [0.1, 0.15) is 21.6 Å². The van der Waals surface area contributed by atoms with Gasteiger partial charge in [0.1, 0.15) is 11.4 Å². The molecule has 0 atom stereocenters. The van der Waals surface area contributed by atoms with Crippen molar-refractivity contribution in [3.63, 3.8) is 0 Å². The zero-order valence-corrected chi connectivity index (χ0v) is 15.6. The molecule has 0 saturated heterocycles. The Bertz CT molecular complexity index is 799. The van der Waals surface area contributed by atoms with Crippen molar-refractivity contribution in [2.24, 2.45) is 0 Å². The number of pyridine rings is 1. The van der Waals surface area contributed by atoms with Crippen LogP contribution in [0.4, 0.5) is 0 Å².